The van der Waals surface area contributed by atoms with E-state index in [1.807, 2.05) is 55.5 Å². The fourth-order valence-electron chi connectivity index (χ4n) is 2.29. The Morgan fingerprint density at radius 2 is 1.70 bits per heavy atom. The van der Waals surface area contributed by atoms with Gasteiger partial charge in [0.05, 0.1) is 32.3 Å². The van der Waals surface area contributed by atoms with Crippen molar-refractivity contribution in [3.8, 4) is 23.3 Å². The van der Waals surface area contributed by atoms with Crippen LogP contribution in [0.5, 0.6) is 17.2 Å². The van der Waals surface area contributed by atoms with Gasteiger partial charge in [-0.3, -0.25) is 0 Å². The first-order valence-electron chi connectivity index (χ1n) is 7.66. The zero-order chi connectivity index (χ0) is 16.5. The number of hydrogen-bond donors (Lipinski definition) is 0. The zero-order valence-corrected chi connectivity index (χ0v) is 13.5. The van der Waals surface area contributed by atoms with E-state index in [2.05, 4.69) is 6.07 Å². The maximum Gasteiger partial charge on any atom is 0.161 e. The SMILES string of the molecule is CCOc1ccc(C(C#N)CCOc2ccccc2OC)cc1. The number of benzene rings is 2. The molecule has 0 aromatic heterocycles. The number of rotatable bonds is 8. The summed E-state index contributed by atoms with van der Waals surface area (Å²) in [4.78, 5) is 0. The molecule has 0 aliphatic rings. The second kappa shape index (κ2) is 8.70. The molecular weight excluding hydrogens is 290 g/mol. The quantitative estimate of drug-likeness (QED) is 0.734. The van der Waals surface area contributed by atoms with E-state index >= 15 is 0 Å². The predicted molar refractivity (Wildman–Crippen MR) is 89.1 cm³/mol. The lowest BCUT2D eigenvalue weighted by atomic mass is 9.97. The van der Waals surface area contributed by atoms with Gasteiger partial charge in [-0.05, 0) is 36.8 Å². The summed E-state index contributed by atoms with van der Waals surface area (Å²) in [6, 6.07) is 17.5. The Morgan fingerprint density at radius 1 is 1.00 bits per heavy atom. The molecule has 0 radical (unpaired) electrons. The van der Waals surface area contributed by atoms with Crippen LogP contribution in [0.1, 0.15) is 24.8 Å². The molecule has 0 spiro atoms. The highest BCUT2D eigenvalue weighted by Crippen LogP contribution is 2.27. The molecule has 0 bridgehead atoms. The summed E-state index contributed by atoms with van der Waals surface area (Å²) in [5.74, 6) is 2.00. The molecule has 2 rings (SSSR count). The van der Waals surface area contributed by atoms with E-state index < -0.39 is 0 Å². The summed E-state index contributed by atoms with van der Waals surface area (Å²) >= 11 is 0. The van der Waals surface area contributed by atoms with Crippen LogP contribution in [0.25, 0.3) is 0 Å². The Bertz CT molecular complexity index is 646. The van der Waals surface area contributed by atoms with Crippen molar-refractivity contribution < 1.29 is 14.2 Å². The number of ether oxygens (including phenoxy) is 3. The lowest BCUT2D eigenvalue weighted by molar-refractivity contribution is 0.285. The third-order valence-electron chi connectivity index (χ3n) is 3.48. The van der Waals surface area contributed by atoms with E-state index in [-0.39, 0.29) is 5.92 Å². The molecular formula is C19H21NO3. The van der Waals surface area contributed by atoms with Gasteiger partial charge in [0.15, 0.2) is 11.5 Å². The lowest BCUT2D eigenvalue weighted by Crippen LogP contribution is -2.05. The number of nitrogens with zero attached hydrogens (tertiary/aromatic N) is 1. The molecule has 1 unspecified atom stereocenters. The topological polar surface area (TPSA) is 51.5 Å². The van der Waals surface area contributed by atoms with Crippen LogP contribution in [0.2, 0.25) is 0 Å². The van der Waals surface area contributed by atoms with Crippen LogP contribution in [-0.4, -0.2) is 20.3 Å². The molecule has 1 atom stereocenters. The molecule has 0 fully saturated rings. The molecule has 0 saturated carbocycles. The van der Waals surface area contributed by atoms with Crippen LogP contribution in [0.4, 0.5) is 0 Å². The van der Waals surface area contributed by atoms with Crippen molar-refractivity contribution in [2.24, 2.45) is 0 Å². The number of nitriles is 1. The van der Waals surface area contributed by atoms with Crippen molar-refractivity contribution >= 4 is 0 Å². The smallest absolute Gasteiger partial charge is 0.161 e. The second-order valence-corrected chi connectivity index (χ2v) is 4.97. The molecule has 0 aliphatic carbocycles. The number of para-hydroxylation sites is 2. The van der Waals surface area contributed by atoms with E-state index in [1.54, 1.807) is 7.11 Å². The standard InChI is InChI=1S/C19H21NO3/c1-3-22-17-10-8-15(9-11-17)16(14-20)12-13-23-19-7-5-4-6-18(19)21-2/h4-11,16H,3,12-13H2,1-2H3. The number of methoxy groups -OCH3 is 1. The maximum absolute atomic E-state index is 9.39. The molecule has 0 heterocycles. The minimum Gasteiger partial charge on any atom is -0.494 e. The average molecular weight is 311 g/mol. The van der Waals surface area contributed by atoms with Crippen LogP contribution in [0.3, 0.4) is 0 Å². The van der Waals surface area contributed by atoms with Crippen molar-refractivity contribution in [3.63, 3.8) is 0 Å². The monoisotopic (exact) mass is 311 g/mol. The van der Waals surface area contributed by atoms with Crippen molar-refractivity contribution in [3.05, 3.63) is 54.1 Å². The Labute approximate surface area is 137 Å². The molecule has 2 aromatic rings. The van der Waals surface area contributed by atoms with Crippen LogP contribution < -0.4 is 14.2 Å². The largest absolute Gasteiger partial charge is 0.494 e. The van der Waals surface area contributed by atoms with Gasteiger partial charge in [0.25, 0.3) is 0 Å². The summed E-state index contributed by atoms with van der Waals surface area (Å²) < 4.78 is 16.4. The maximum atomic E-state index is 9.39. The van der Waals surface area contributed by atoms with E-state index in [9.17, 15) is 5.26 Å². The zero-order valence-electron chi connectivity index (χ0n) is 13.5. The Hall–Kier alpha value is -2.67. The molecule has 4 heteroatoms. The normalized spacial score (nSPS) is 11.3. The third-order valence-corrected chi connectivity index (χ3v) is 3.48. The van der Waals surface area contributed by atoms with Crippen LogP contribution in [-0.2, 0) is 0 Å². The average Bonchev–Trinajstić information content (AvgIpc) is 2.60. The van der Waals surface area contributed by atoms with Gasteiger partial charge in [-0.15, -0.1) is 0 Å². The van der Waals surface area contributed by atoms with Gasteiger partial charge >= 0.3 is 0 Å². The first-order chi connectivity index (χ1) is 11.3. The highest BCUT2D eigenvalue weighted by Gasteiger charge is 2.12. The van der Waals surface area contributed by atoms with Gasteiger partial charge in [0.2, 0.25) is 0 Å². The summed E-state index contributed by atoms with van der Waals surface area (Å²) in [5.41, 5.74) is 0.972. The molecule has 0 amide bonds. The van der Waals surface area contributed by atoms with Gasteiger partial charge in [-0.2, -0.15) is 5.26 Å². The Balaban J connectivity index is 1.93. The molecule has 2 aromatic carbocycles. The van der Waals surface area contributed by atoms with Crippen molar-refractivity contribution in [1.82, 2.24) is 0 Å². The summed E-state index contributed by atoms with van der Waals surface area (Å²) in [6.45, 7) is 3.03. The number of hydrogen-bond acceptors (Lipinski definition) is 4. The molecule has 120 valence electrons. The van der Waals surface area contributed by atoms with Crippen molar-refractivity contribution in [2.75, 3.05) is 20.3 Å². The summed E-state index contributed by atoms with van der Waals surface area (Å²) in [6.07, 6.45) is 0.614. The molecule has 0 aliphatic heterocycles. The minimum absolute atomic E-state index is 0.208. The van der Waals surface area contributed by atoms with E-state index in [0.717, 1.165) is 11.3 Å². The predicted octanol–water partition coefficient (Wildman–Crippen LogP) is 4.17. The molecule has 4 nitrogen and oxygen atoms in total. The first-order valence-corrected chi connectivity index (χ1v) is 7.66. The van der Waals surface area contributed by atoms with Gasteiger partial charge in [-0.25, -0.2) is 0 Å². The van der Waals surface area contributed by atoms with Gasteiger partial charge < -0.3 is 14.2 Å². The third kappa shape index (κ3) is 4.65. The molecule has 0 saturated heterocycles. The van der Waals surface area contributed by atoms with Gasteiger partial charge in [0, 0.05) is 6.42 Å². The molecule has 0 N–H and O–H groups in total. The van der Waals surface area contributed by atoms with Crippen LogP contribution >= 0.6 is 0 Å². The van der Waals surface area contributed by atoms with Crippen LogP contribution in [0.15, 0.2) is 48.5 Å². The first kappa shape index (κ1) is 16.7. The highest BCUT2D eigenvalue weighted by atomic mass is 16.5. The van der Waals surface area contributed by atoms with Crippen LogP contribution in [0, 0.1) is 11.3 Å². The minimum atomic E-state index is -0.208. The highest BCUT2D eigenvalue weighted by molar-refractivity contribution is 5.39. The summed E-state index contributed by atoms with van der Waals surface area (Å²) in [5, 5.41) is 9.39. The lowest BCUT2D eigenvalue weighted by Gasteiger charge is -2.13. The molecule has 23 heavy (non-hydrogen) atoms. The Kier molecular flexibility index (Phi) is 6.31. The van der Waals surface area contributed by atoms with Gasteiger partial charge in [-0.1, -0.05) is 24.3 Å². The van der Waals surface area contributed by atoms with E-state index in [4.69, 9.17) is 14.2 Å². The Morgan fingerprint density at radius 3 is 2.30 bits per heavy atom. The summed E-state index contributed by atoms with van der Waals surface area (Å²) in [7, 11) is 1.61. The van der Waals surface area contributed by atoms with Crippen molar-refractivity contribution in [1.29, 1.82) is 5.26 Å². The fourth-order valence-corrected chi connectivity index (χ4v) is 2.29. The van der Waals surface area contributed by atoms with Crippen molar-refractivity contribution in [2.45, 2.75) is 19.3 Å². The van der Waals surface area contributed by atoms with E-state index in [0.29, 0.717) is 31.1 Å². The second-order valence-electron chi connectivity index (χ2n) is 4.97. The fraction of sp³-hybridized carbons (Fsp3) is 0.316. The van der Waals surface area contributed by atoms with Gasteiger partial charge in [0.1, 0.15) is 5.75 Å². The van der Waals surface area contributed by atoms with E-state index in [1.165, 1.54) is 0 Å².